The molecule has 336 valence electrons. The summed E-state index contributed by atoms with van der Waals surface area (Å²) >= 11 is 0. The van der Waals surface area contributed by atoms with Gasteiger partial charge in [-0.05, 0) is 78.7 Å². The Hall–Kier alpha value is -3.78. The van der Waals surface area contributed by atoms with Crippen LogP contribution in [0.2, 0.25) is 0 Å². The maximum absolute atomic E-state index is 15.3. The van der Waals surface area contributed by atoms with Crippen molar-refractivity contribution in [3.05, 3.63) is 36.9 Å². The maximum atomic E-state index is 15.3. The highest BCUT2D eigenvalue weighted by Crippen LogP contribution is 2.88. The van der Waals surface area contributed by atoms with E-state index in [1.165, 1.54) is 6.07 Å². The lowest BCUT2D eigenvalue weighted by atomic mass is 9.73. The van der Waals surface area contributed by atoms with Gasteiger partial charge in [0.2, 0.25) is 11.8 Å². The van der Waals surface area contributed by atoms with Gasteiger partial charge in [0, 0.05) is 50.6 Å². The third-order valence-corrected chi connectivity index (χ3v) is 17.8. The fourth-order valence-corrected chi connectivity index (χ4v) is 13.5. The van der Waals surface area contributed by atoms with Crippen LogP contribution in [0.1, 0.15) is 125 Å². The second-order valence-electron chi connectivity index (χ2n) is 20.7. The number of fused-ring (bicyclic) bond motifs is 1. The van der Waals surface area contributed by atoms with E-state index in [-0.39, 0.29) is 69.9 Å². The summed E-state index contributed by atoms with van der Waals surface area (Å²) in [6.07, 6.45) is 9.86. The number of anilines is 1. The van der Waals surface area contributed by atoms with E-state index in [0.29, 0.717) is 44.7 Å². The van der Waals surface area contributed by atoms with Crippen LogP contribution in [0.5, 0.6) is 0 Å². The maximum Gasteiger partial charge on any atom is 0.408 e. The van der Waals surface area contributed by atoms with Gasteiger partial charge in [0.25, 0.3) is 10.0 Å². The van der Waals surface area contributed by atoms with E-state index in [9.17, 15) is 27.6 Å². The van der Waals surface area contributed by atoms with E-state index in [1.807, 2.05) is 20.8 Å². The Morgan fingerprint density at radius 3 is 2.21 bits per heavy atom. The number of nitrogens with zero attached hydrogens (tertiary/aromatic N) is 1. The number of ketones is 2. The molecule has 4 saturated carbocycles. The number of rotatable bonds is 15. The van der Waals surface area contributed by atoms with Crippen molar-refractivity contribution in [2.75, 3.05) is 32.1 Å². The Bertz CT molecular complexity index is 2010. The van der Waals surface area contributed by atoms with Crippen molar-refractivity contribution in [1.82, 2.24) is 14.9 Å². The molecule has 1 aromatic rings. The van der Waals surface area contributed by atoms with Gasteiger partial charge in [0.05, 0.1) is 36.4 Å². The number of alkyl carbamates (subject to hydrolysis) is 1. The lowest BCUT2D eigenvalue weighted by Gasteiger charge is -2.37. The molecule has 2 heterocycles. The van der Waals surface area contributed by atoms with Gasteiger partial charge in [0.15, 0.2) is 11.6 Å². The number of hydrogen-bond acceptors (Lipinski definition) is 10. The molecule has 4 aliphatic carbocycles. The number of amides is 3. The Balaban J connectivity index is 1.15. The van der Waals surface area contributed by atoms with Crippen molar-refractivity contribution >= 4 is 45.2 Å². The topological polar surface area (TPSA) is 177 Å². The highest BCUT2D eigenvalue weighted by Gasteiger charge is 2.85. The quantitative estimate of drug-likeness (QED) is 0.156. The summed E-state index contributed by atoms with van der Waals surface area (Å²) in [6, 6.07) is 4.61. The van der Waals surface area contributed by atoms with Crippen molar-refractivity contribution < 1.29 is 41.9 Å². The van der Waals surface area contributed by atoms with Crippen LogP contribution in [0.15, 0.2) is 41.8 Å². The van der Waals surface area contributed by atoms with E-state index in [0.717, 1.165) is 51.4 Å². The molecule has 6 aliphatic rings. The van der Waals surface area contributed by atoms with E-state index >= 15 is 4.79 Å². The third kappa shape index (κ3) is 8.06. The van der Waals surface area contributed by atoms with Crippen LogP contribution in [0.25, 0.3) is 0 Å². The van der Waals surface area contributed by atoms with Crippen LogP contribution >= 0.6 is 0 Å². The number of ether oxygens (including phenoxy) is 2. The van der Waals surface area contributed by atoms with Crippen LogP contribution in [0, 0.1) is 44.8 Å². The average molecular weight is 865 g/mol. The number of nitrogens with one attached hydrogen (secondary N) is 3. The molecule has 61 heavy (non-hydrogen) atoms. The van der Waals surface area contributed by atoms with Gasteiger partial charge in [0.1, 0.15) is 11.0 Å². The average Bonchev–Trinajstić information content (AvgIpc) is 3.94. The first-order valence-corrected chi connectivity index (χ1v) is 24.1. The summed E-state index contributed by atoms with van der Waals surface area (Å²) < 4.78 is 40.7. The molecule has 13 nitrogen and oxygen atoms in total. The first-order valence-electron chi connectivity index (χ1n) is 22.6. The lowest BCUT2D eigenvalue weighted by Crippen LogP contribution is -2.51. The molecule has 2 spiro atoms. The lowest BCUT2D eigenvalue weighted by molar-refractivity contribution is -0.146. The number of allylic oxidation sites excluding steroid dienone is 1. The molecule has 2 aliphatic heterocycles. The summed E-state index contributed by atoms with van der Waals surface area (Å²) in [5.74, 6) is -2.86. The highest BCUT2D eigenvalue weighted by atomic mass is 32.2. The number of benzene rings is 1. The molecular weight excluding hydrogens is 797 g/mol. The second kappa shape index (κ2) is 16.7. The molecular formula is C47H68N4O9S. The zero-order chi connectivity index (χ0) is 44.2. The molecule has 6 fully saturated rings. The number of likely N-dealkylation sites (tertiary alicyclic amines) is 1. The van der Waals surface area contributed by atoms with Crippen molar-refractivity contribution in [2.24, 2.45) is 44.8 Å². The predicted octanol–water partition coefficient (Wildman–Crippen LogP) is 6.96. The van der Waals surface area contributed by atoms with Crippen molar-refractivity contribution in [2.45, 2.75) is 148 Å². The zero-order valence-corrected chi connectivity index (χ0v) is 37.9. The number of carbonyl (C=O) groups is 5. The monoisotopic (exact) mass is 864 g/mol. The summed E-state index contributed by atoms with van der Waals surface area (Å²) in [4.78, 5) is 74.0. The largest absolute Gasteiger partial charge is 0.446 e. The normalized spacial score (nSPS) is 29.2. The summed E-state index contributed by atoms with van der Waals surface area (Å²) in [5.41, 5.74) is -2.14. The van der Waals surface area contributed by atoms with E-state index < -0.39 is 56.8 Å². The van der Waals surface area contributed by atoms with E-state index in [1.54, 1.807) is 36.2 Å². The standard InChI is InChI=1S/C47H68N4O9S/c1-8-31-26-45(31,41(55)50-61(57,58)38-18-13-12-17-34(38)48-7)28-37(53)35-27-47(44(5,6)46(47)21-14-22-46)29-51(35)40(54)33(43(2,3)4)25-36(52)39(30-15-10-9-11-16-30)49-42(56)60-32-19-23-59-24-20-32/h8,12-13,17-18,30-33,35,39,48H,1,9-11,14-16,19-29H2,2-7H3,(H,49,56)(H,50,55)/t31-,33-,35+,39+,45-,47-/m1/s1. The molecule has 2 saturated heterocycles. The van der Waals surface area contributed by atoms with Crippen LogP contribution in [0.4, 0.5) is 10.5 Å². The molecule has 0 bridgehead atoms. The van der Waals surface area contributed by atoms with E-state index in [2.05, 4.69) is 35.8 Å². The molecule has 3 N–H and O–H groups in total. The third-order valence-electron chi connectivity index (χ3n) is 16.4. The fraction of sp³-hybridized carbons (Fsp3) is 0.723. The minimum atomic E-state index is -4.30. The van der Waals surface area contributed by atoms with Gasteiger partial charge in [-0.1, -0.05) is 78.5 Å². The van der Waals surface area contributed by atoms with Gasteiger partial charge in [-0.2, -0.15) is 0 Å². The number of sulfonamides is 1. The number of hydrogen-bond donors (Lipinski definition) is 3. The van der Waals surface area contributed by atoms with Crippen molar-refractivity contribution in [3.8, 4) is 0 Å². The Kier molecular flexibility index (Phi) is 12.4. The van der Waals surface area contributed by atoms with Crippen molar-refractivity contribution in [1.29, 1.82) is 0 Å². The molecule has 14 heteroatoms. The number of para-hydroxylation sites is 1. The van der Waals surface area contributed by atoms with Crippen LogP contribution in [-0.4, -0.2) is 87.8 Å². The second-order valence-corrected chi connectivity index (χ2v) is 22.3. The van der Waals surface area contributed by atoms with Crippen LogP contribution < -0.4 is 15.4 Å². The molecule has 0 unspecified atom stereocenters. The Labute approximate surface area is 362 Å². The number of Topliss-reactive ketones (excluding diaryl/α,β-unsaturated/α-hetero) is 2. The molecule has 3 amide bonds. The summed E-state index contributed by atoms with van der Waals surface area (Å²) in [6.45, 7) is 15.6. The minimum absolute atomic E-state index is 0.00545. The van der Waals surface area contributed by atoms with E-state index in [4.69, 9.17) is 9.47 Å². The van der Waals surface area contributed by atoms with Gasteiger partial charge >= 0.3 is 6.09 Å². The summed E-state index contributed by atoms with van der Waals surface area (Å²) in [5, 5.41) is 5.81. The molecule has 0 aromatic heterocycles. The SMILES string of the molecule is C=C[C@@H]1C[C@]1(CC(=O)[C@@H]1C[C@@]2(CN1C(=O)[C@@H](CC(=O)[C@@H](NC(=O)OC1CCOCC1)C1CCCCC1)C(C)(C)C)C(C)(C)C21CCC1)C(=O)NS(=O)(=O)c1ccccc1NC. The smallest absolute Gasteiger partial charge is 0.408 e. The van der Waals surface area contributed by atoms with Gasteiger partial charge < -0.3 is 25.0 Å². The molecule has 0 radical (unpaired) electrons. The molecule has 1 aromatic carbocycles. The van der Waals surface area contributed by atoms with Crippen LogP contribution in [-0.2, 0) is 38.7 Å². The molecule has 6 atom stereocenters. The number of carbonyl (C=O) groups excluding carboxylic acids is 5. The summed E-state index contributed by atoms with van der Waals surface area (Å²) in [7, 11) is -2.71. The molecule has 7 rings (SSSR count). The van der Waals surface area contributed by atoms with Crippen molar-refractivity contribution in [3.63, 3.8) is 0 Å². The predicted molar refractivity (Wildman–Crippen MR) is 231 cm³/mol. The Morgan fingerprint density at radius 1 is 0.967 bits per heavy atom. The van der Waals surface area contributed by atoms with Gasteiger partial charge in [-0.15, -0.1) is 6.58 Å². The fourth-order valence-electron chi connectivity index (χ4n) is 12.2. The zero-order valence-electron chi connectivity index (χ0n) is 37.1. The van der Waals surface area contributed by atoms with Gasteiger partial charge in [-0.25, -0.2) is 17.9 Å². The Morgan fingerprint density at radius 2 is 1.64 bits per heavy atom. The first-order chi connectivity index (χ1) is 28.8. The minimum Gasteiger partial charge on any atom is -0.446 e. The van der Waals surface area contributed by atoms with Crippen LogP contribution in [0.3, 0.4) is 0 Å². The first kappa shape index (κ1) is 45.3. The van der Waals surface area contributed by atoms with Gasteiger partial charge in [-0.3, -0.25) is 19.2 Å². The highest BCUT2D eigenvalue weighted by molar-refractivity contribution is 7.90.